The molecule has 0 bridgehead atoms. The standard InChI is InChI=1S/C18H23N4O5S/c1-12(18(19)25)5-6-16(24)21-9-7-14-17(21)15(23)10-22(14)28(26,27)11-13-4-2-3-8-20-13/h2-4,6,8,12,14,17H,5,7,9-11H2,1H3,(H2,19,25). The van der Waals surface area contributed by atoms with E-state index in [4.69, 9.17) is 5.73 Å². The summed E-state index contributed by atoms with van der Waals surface area (Å²) in [6.45, 7) is 1.66. The first kappa shape index (κ1) is 20.4. The predicted molar refractivity (Wildman–Crippen MR) is 99.8 cm³/mol. The molecule has 151 valence electrons. The minimum atomic E-state index is -3.75. The molecule has 3 rings (SSSR count). The van der Waals surface area contributed by atoms with Crippen molar-refractivity contribution in [1.82, 2.24) is 14.2 Å². The third-order valence-electron chi connectivity index (χ3n) is 5.21. The summed E-state index contributed by atoms with van der Waals surface area (Å²) in [7, 11) is -3.75. The molecule has 0 aromatic carbocycles. The molecule has 1 aromatic heterocycles. The van der Waals surface area contributed by atoms with Crippen LogP contribution in [0, 0.1) is 12.3 Å². The van der Waals surface area contributed by atoms with Crippen molar-refractivity contribution in [3.63, 3.8) is 0 Å². The number of nitrogens with zero attached hydrogens (tertiary/aromatic N) is 3. The van der Waals surface area contributed by atoms with Gasteiger partial charge in [-0.3, -0.25) is 19.4 Å². The summed E-state index contributed by atoms with van der Waals surface area (Å²) in [5.41, 5.74) is 5.60. The van der Waals surface area contributed by atoms with Gasteiger partial charge in [0.15, 0.2) is 5.78 Å². The molecule has 0 spiro atoms. The Kier molecular flexibility index (Phi) is 5.80. The number of fused-ring (bicyclic) bond motifs is 1. The number of aromatic nitrogens is 1. The largest absolute Gasteiger partial charge is 0.369 e. The van der Waals surface area contributed by atoms with Crippen LogP contribution in [0.15, 0.2) is 24.4 Å². The molecule has 2 amide bonds. The summed E-state index contributed by atoms with van der Waals surface area (Å²) < 4.78 is 26.9. The minimum Gasteiger partial charge on any atom is -0.369 e. The fourth-order valence-corrected chi connectivity index (χ4v) is 5.31. The van der Waals surface area contributed by atoms with Gasteiger partial charge in [0, 0.05) is 18.7 Å². The van der Waals surface area contributed by atoms with E-state index in [-0.39, 0.29) is 37.0 Å². The van der Waals surface area contributed by atoms with E-state index >= 15 is 0 Å². The lowest BCUT2D eigenvalue weighted by Gasteiger charge is -2.24. The zero-order chi connectivity index (χ0) is 20.5. The summed E-state index contributed by atoms with van der Waals surface area (Å²) in [6, 6.07) is 3.67. The maximum Gasteiger partial charge on any atom is 0.227 e. The Hall–Kier alpha value is -2.33. The molecule has 2 aliphatic heterocycles. The van der Waals surface area contributed by atoms with Gasteiger partial charge < -0.3 is 10.6 Å². The molecule has 1 aromatic rings. The molecule has 0 saturated carbocycles. The number of carbonyl (C=O) groups is 3. The average molecular weight is 407 g/mol. The lowest BCUT2D eigenvalue weighted by atomic mass is 10.0. The Morgan fingerprint density at radius 3 is 2.79 bits per heavy atom. The number of Topliss-reactive ketones (excluding diaryl/α,β-unsaturated/α-hetero) is 1. The van der Waals surface area contributed by atoms with Gasteiger partial charge in [-0.15, -0.1) is 0 Å². The van der Waals surface area contributed by atoms with E-state index in [0.717, 1.165) is 0 Å². The van der Waals surface area contributed by atoms with Crippen molar-refractivity contribution < 1.29 is 22.8 Å². The molecule has 0 aliphatic carbocycles. The number of likely N-dealkylation sites (tertiary alicyclic amines) is 1. The highest BCUT2D eigenvalue weighted by molar-refractivity contribution is 7.88. The zero-order valence-electron chi connectivity index (χ0n) is 15.5. The highest BCUT2D eigenvalue weighted by Gasteiger charge is 2.53. The Morgan fingerprint density at radius 2 is 2.14 bits per heavy atom. The summed E-state index contributed by atoms with van der Waals surface area (Å²) in [5.74, 6) is -1.96. The number of primary amides is 1. The molecule has 2 aliphatic rings. The van der Waals surface area contributed by atoms with Crippen LogP contribution in [-0.2, 0) is 30.2 Å². The lowest BCUT2D eigenvalue weighted by Crippen LogP contribution is -2.44. The molecule has 10 heteroatoms. The second kappa shape index (κ2) is 7.96. The number of carbonyl (C=O) groups excluding carboxylic acids is 3. The first-order valence-corrected chi connectivity index (χ1v) is 10.7. The summed E-state index contributed by atoms with van der Waals surface area (Å²) >= 11 is 0. The molecule has 9 nitrogen and oxygen atoms in total. The van der Waals surface area contributed by atoms with Gasteiger partial charge >= 0.3 is 0 Å². The third kappa shape index (κ3) is 4.07. The predicted octanol–water partition coefficient (Wildman–Crippen LogP) is -0.519. The smallest absolute Gasteiger partial charge is 0.227 e. The van der Waals surface area contributed by atoms with Crippen molar-refractivity contribution >= 4 is 27.6 Å². The second-order valence-corrected chi connectivity index (χ2v) is 9.09. The van der Waals surface area contributed by atoms with E-state index in [0.29, 0.717) is 12.1 Å². The fraction of sp³-hybridized carbons (Fsp3) is 0.500. The van der Waals surface area contributed by atoms with Crippen LogP contribution in [0.4, 0.5) is 0 Å². The van der Waals surface area contributed by atoms with E-state index in [1.807, 2.05) is 0 Å². The quantitative estimate of drug-likeness (QED) is 0.647. The molecule has 3 heterocycles. The van der Waals surface area contributed by atoms with Crippen molar-refractivity contribution in [1.29, 1.82) is 0 Å². The van der Waals surface area contributed by atoms with E-state index < -0.39 is 33.9 Å². The maximum atomic E-state index is 12.8. The summed E-state index contributed by atoms with van der Waals surface area (Å²) in [5, 5.41) is 0. The van der Waals surface area contributed by atoms with Crippen molar-refractivity contribution in [2.24, 2.45) is 11.7 Å². The lowest BCUT2D eigenvalue weighted by molar-refractivity contribution is -0.133. The van der Waals surface area contributed by atoms with Crippen LogP contribution < -0.4 is 5.73 Å². The van der Waals surface area contributed by atoms with Gasteiger partial charge in [-0.05, 0) is 25.0 Å². The number of hydrogen-bond acceptors (Lipinski definition) is 6. The fourth-order valence-electron chi connectivity index (χ4n) is 3.65. The van der Waals surface area contributed by atoms with Crippen LogP contribution in [0.25, 0.3) is 0 Å². The number of nitrogens with two attached hydrogens (primary N) is 1. The summed E-state index contributed by atoms with van der Waals surface area (Å²) in [6.07, 6.45) is 3.43. The first-order valence-electron chi connectivity index (χ1n) is 9.06. The van der Waals surface area contributed by atoms with Crippen LogP contribution in [0.5, 0.6) is 0 Å². The van der Waals surface area contributed by atoms with Crippen molar-refractivity contribution in [2.75, 3.05) is 13.1 Å². The number of hydrogen-bond donors (Lipinski definition) is 1. The van der Waals surface area contributed by atoms with Crippen LogP contribution >= 0.6 is 0 Å². The maximum absolute atomic E-state index is 12.8. The number of ketones is 1. The first-order chi connectivity index (χ1) is 13.2. The van der Waals surface area contributed by atoms with Crippen LogP contribution in [0.2, 0.25) is 0 Å². The van der Waals surface area contributed by atoms with Gasteiger partial charge in [0.25, 0.3) is 0 Å². The van der Waals surface area contributed by atoms with E-state index in [2.05, 4.69) is 4.98 Å². The average Bonchev–Trinajstić information content (AvgIpc) is 3.21. The highest BCUT2D eigenvalue weighted by atomic mass is 32.2. The van der Waals surface area contributed by atoms with Gasteiger partial charge in [0.1, 0.15) is 11.8 Å². The monoisotopic (exact) mass is 407 g/mol. The van der Waals surface area contributed by atoms with Gasteiger partial charge in [0.05, 0.1) is 24.7 Å². The minimum absolute atomic E-state index is 0.179. The molecule has 3 unspecified atom stereocenters. The molecule has 2 N–H and O–H groups in total. The molecule has 1 radical (unpaired) electrons. The Balaban J connectivity index is 1.69. The topological polar surface area (TPSA) is 131 Å². The number of sulfonamides is 1. The van der Waals surface area contributed by atoms with Gasteiger partial charge in [-0.1, -0.05) is 13.0 Å². The molecular formula is C18H23N4O5S. The van der Waals surface area contributed by atoms with Gasteiger partial charge in [-0.25, -0.2) is 8.42 Å². The number of amides is 2. The van der Waals surface area contributed by atoms with Crippen LogP contribution in [-0.4, -0.2) is 65.4 Å². The third-order valence-corrected chi connectivity index (χ3v) is 6.98. The molecule has 28 heavy (non-hydrogen) atoms. The molecule has 3 atom stereocenters. The Labute approximate surface area is 163 Å². The molecular weight excluding hydrogens is 384 g/mol. The van der Waals surface area contributed by atoms with Crippen LogP contribution in [0.1, 0.15) is 25.5 Å². The van der Waals surface area contributed by atoms with E-state index in [1.54, 1.807) is 25.1 Å². The number of pyridine rings is 1. The van der Waals surface area contributed by atoms with Crippen molar-refractivity contribution in [3.05, 3.63) is 36.5 Å². The Morgan fingerprint density at radius 1 is 1.39 bits per heavy atom. The SMILES string of the molecule is CC(C[CH]C(=O)N1CCC2C1C(=O)CN2S(=O)(=O)Cc1ccccn1)C(N)=O. The second-order valence-electron chi connectivity index (χ2n) is 7.16. The van der Waals surface area contributed by atoms with Crippen molar-refractivity contribution in [2.45, 2.75) is 37.6 Å². The number of rotatable bonds is 7. The molecule has 2 fully saturated rings. The van der Waals surface area contributed by atoms with Gasteiger partial charge in [0.2, 0.25) is 21.8 Å². The normalized spacial score (nSPS) is 23.6. The van der Waals surface area contributed by atoms with Crippen molar-refractivity contribution in [3.8, 4) is 0 Å². The van der Waals surface area contributed by atoms with Gasteiger partial charge in [-0.2, -0.15) is 4.31 Å². The van der Waals surface area contributed by atoms with E-state index in [1.165, 1.54) is 21.8 Å². The van der Waals surface area contributed by atoms with Crippen LogP contribution in [0.3, 0.4) is 0 Å². The summed E-state index contributed by atoms with van der Waals surface area (Å²) in [4.78, 5) is 41.6. The molecule has 2 saturated heterocycles. The van der Waals surface area contributed by atoms with E-state index in [9.17, 15) is 22.8 Å². The Bertz CT molecular complexity index is 873. The zero-order valence-corrected chi connectivity index (χ0v) is 16.3. The highest BCUT2D eigenvalue weighted by Crippen LogP contribution is 2.33.